The van der Waals surface area contributed by atoms with Gasteiger partial charge in [0.25, 0.3) is 0 Å². The number of benzene rings is 1. The van der Waals surface area contributed by atoms with E-state index in [1.54, 1.807) is 16.7 Å². The van der Waals surface area contributed by atoms with Gasteiger partial charge >= 0.3 is 0 Å². The van der Waals surface area contributed by atoms with E-state index in [-0.39, 0.29) is 5.41 Å². The second-order valence-electron chi connectivity index (χ2n) is 14.8. The summed E-state index contributed by atoms with van der Waals surface area (Å²) in [5, 5.41) is 0. The van der Waals surface area contributed by atoms with Crippen molar-refractivity contribution < 1.29 is 4.74 Å². The van der Waals surface area contributed by atoms with Gasteiger partial charge in [0.1, 0.15) is 5.75 Å². The van der Waals surface area contributed by atoms with Gasteiger partial charge in [-0.15, -0.1) is 0 Å². The van der Waals surface area contributed by atoms with Crippen molar-refractivity contribution in [2.24, 2.45) is 35.5 Å². The summed E-state index contributed by atoms with van der Waals surface area (Å²) in [5.74, 6) is 7.22. The van der Waals surface area contributed by atoms with E-state index in [4.69, 9.17) is 4.74 Å². The number of methoxy groups -OCH3 is 1. The molecule has 8 aliphatic carbocycles. The monoisotopic (exact) mass is 432 g/mol. The minimum Gasteiger partial charge on any atom is -0.496 e. The summed E-state index contributed by atoms with van der Waals surface area (Å²) in [4.78, 5) is 0. The molecule has 1 nitrogen and oxygen atoms in total. The van der Waals surface area contributed by atoms with Crippen LogP contribution in [0, 0.1) is 35.5 Å². The van der Waals surface area contributed by atoms with Gasteiger partial charge in [-0.05, 0) is 134 Å². The first-order valence-corrected chi connectivity index (χ1v) is 14.0. The maximum Gasteiger partial charge on any atom is 0.126 e. The van der Waals surface area contributed by atoms with Crippen LogP contribution in [0.15, 0.2) is 12.1 Å². The van der Waals surface area contributed by atoms with E-state index in [2.05, 4.69) is 32.9 Å². The average molecular weight is 433 g/mol. The van der Waals surface area contributed by atoms with Gasteiger partial charge in [-0.3, -0.25) is 0 Å². The van der Waals surface area contributed by atoms with Crippen LogP contribution in [0.25, 0.3) is 0 Å². The smallest absolute Gasteiger partial charge is 0.126 e. The van der Waals surface area contributed by atoms with E-state index in [0.29, 0.717) is 10.8 Å². The molecule has 0 aromatic heterocycles. The molecule has 174 valence electrons. The van der Waals surface area contributed by atoms with Crippen LogP contribution in [-0.4, -0.2) is 7.11 Å². The van der Waals surface area contributed by atoms with Crippen molar-refractivity contribution in [3.05, 3.63) is 28.8 Å². The zero-order valence-electron chi connectivity index (χ0n) is 21.0. The van der Waals surface area contributed by atoms with Crippen molar-refractivity contribution >= 4 is 0 Å². The molecule has 1 aromatic carbocycles. The van der Waals surface area contributed by atoms with Gasteiger partial charge in [-0.1, -0.05) is 32.9 Å². The van der Waals surface area contributed by atoms with Crippen LogP contribution in [0.2, 0.25) is 0 Å². The Kier molecular flexibility index (Phi) is 4.19. The lowest BCUT2D eigenvalue weighted by atomic mass is 9.46. The summed E-state index contributed by atoms with van der Waals surface area (Å²) in [6.45, 7) is 7.30. The Morgan fingerprint density at radius 1 is 0.625 bits per heavy atom. The molecule has 1 aromatic rings. The quantitative estimate of drug-likeness (QED) is 0.471. The van der Waals surface area contributed by atoms with Crippen LogP contribution in [0.1, 0.15) is 115 Å². The molecule has 0 unspecified atom stereocenters. The molecule has 0 radical (unpaired) electrons. The lowest BCUT2D eigenvalue weighted by Crippen LogP contribution is -2.50. The highest BCUT2D eigenvalue weighted by Crippen LogP contribution is 2.66. The highest BCUT2D eigenvalue weighted by Gasteiger charge is 2.56. The molecule has 32 heavy (non-hydrogen) atoms. The summed E-state index contributed by atoms with van der Waals surface area (Å²) in [6.07, 6.45) is 17.7. The fraction of sp³-hybridized carbons (Fsp3) is 0.806. The number of ether oxygens (including phenoxy) is 1. The summed E-state index contributed by atoms with van der Waals surface area (Å²) in [5.41, 5.74) is 5.88. The molecular weight excluding hydrogens is 388 g/mol. The Morgan fingerprint density at radius 2 is 0.938 bits per heavy atom. The lowest BCUT2D eigenvalue weighted by molar-refractivity contribution is -0.0104. The molecule has 0 heterocycles. The second-order valence-corrected chi connectivity index (χ2v) is 14.8. The Labute approximate surface area is 196 Å². The molecule has 0 spiro atoms. The van der Waals surface area contributed by atoms with Crippen LogP contribution in [0.4, 0.5) is 0 Å². The molecule has 0 atom stereocenters. The van der Waals surface area contributed by atoms with E-state index < -0.39 is 0 Å². The van der Waals surface area contributed by atoms with Crippen molar-refractivity contribution in [3.8, 4) is 5.75 Å². The maximum absolute atomic E-state index is 6.52. The van der Waals surface area contributed by atoms with Crippen molar-refractivity contribution in [2.75, 3.05) is 7.11 Å². The molecule has 0 N–H and O–H groups in total. The highest BCUT2D eigenvalue weighted by molar-refractivity contribution is 5.54. The standard InChI is InChI=1S/C31H44O/c1-29(2,3)25-11-26(30-13-19-5-20(14-30)7-21(6-19)15-30)28(32-4)27(12-25)31-16-22-8-23(17-31)10-24(9-22)18-31/h11-12,19-24H,5-10,13-18H2,1-4H3. The first-order chi connectivity index (χ1) is 15.3. The van der Waals surface area contributed by atoms with E-state index >= 15 is 0 Å². The van der Waals surface area contributed by atoms with E-state index in [1.807, 2.05) is 7.11 Å². The first kappa shape index (κ1) is 20.4. The molecule has 0 saturated heterocycles. The predicted octanol–water partition coefficient (Wildman–Crippen LogP) is 7.93. The minimum atomic E-state index is 0.195. The van der Waals surface area contributed by atoms with Gasteiger partial charge < -0.3 is 4.74 Å². The average Bonchev–Trinajstić information content (AvgIpc) is 2.70. The summed E-state index contributed by atoms with van der Waals surface area (Å²) < 4.78 is 6.52. The van der Waals surface area contributed by atoms with Gasteiger partial charge in [0.2, 0.25) is 0 Å². The number of hydrogen-bond donors (Lipinski definition) is 0. The number of hydrogen-bond acceptors (Lipinski definition) is 1. The number of rotatable bonds is 3. The van der Waals surface area contributed by atoms with Gasteiger partial charge in [0.05, 0.1) is 7.11 Å². The molecule has 8 aliphatic rings. The second kappa shape index (κ2) is 6.57. The Bertz CT molecular complexity index is 795. The van der Waals surface area contributed by atoms with E-state index in [1.165, 1.54) is 82.8 Å². The van der Waals surface area contributed by atoms with Crippen molar-refractivity contribution in [3.63, 3.8) is 0 Å². The molecular formula is C31H44O. The topological polar surface area (TPSA) is 9.23 Å². The zero-order chi connectivity index (χ0) is 21.9. The molecule has 9 rings (SSSR count). The van der Waals surface area contributed by atoms with Gasteiger partial charge in [0.15, 0.2) is 0 Å². The third kappa shape index (κ3) is 2.88. The van der Waals surface area contributed by atoms with Crippen LogP contribution in [0.3, 0.4) is 0 Å². The molecule has 8 fully saturated rings. The van der Waals surface area contributed by atoms with Crippen molar-refractivity contribution in [1.29, 1.82) is 0 Å². The summed E-state index contributed by atoms with van der Waals surface area (Å²) in [7, 11) is 2.00. The SMILES string of the molecule is COc1c(C23CC4CC(CC(C4)C2)C3)cc(C(C)(C)C)cc1C12CC3CC(CC(C3)C1)C2. The normalized spacial score (nSPS) is 46.1. The molecule has 8 bridgehead atoms. The van der Waals surface area contributed by atoms with Crippen molar-refractivity contribution in [1.82, 2.24) is 0 Å². The lowest BCUT2D eigenvalue weighted by Gasteiger charge is -2.59. The molecule has 8 saturated carbocycles. The minimum absolute atomic E-state index is 0.195. The maximum atomic E-state index is 6.52. The predicted molar refractivity (Wildman–Crippen MR) is 131 cm³/mol. The summed E-state index contributed by atoms with van der Waals surface area (Å²) >= 11 is 0. The Balaban J connectivity index is 1.42. The molecule has 0 amide bonds. The van der Waals surface area contributed by atoms with Crippen LogP contribution >= 0.6 is 0 Å². The van der Waals surface area contributed by atoms with Crippen LogP contribution in [0.5, 0.6) is 5.75 Å². The fourth-order valence-corrected chi connectivity index (χ4v) is 11.0. The molecule has 1 heteroatoms. The Morgan fingerprint density at radius 3 is 1.19 bits per heavy atom. The van der Waals surface area contributed by atoms with Crippen molar-refractivity contribution in [2.45, 2.75) is 114 Å². The fourth-order valence-electron chi connectivity index (χ4n) is 11.0. The van der Waals surface area contributed by atoms with Gasteiger partial charge in [-0.2, -0.15) is 0 Å². The van der Waals surface area contributed by atoms with Crippen LogP contribution < -0.4 is 4.74 Å². The zero-order valence-corrected chi connectivity index (χ0v) is 21.0. The third-order valence-corrected chi connectivity index (χ3v) is 11.4. The van der Waals surface area contributed by atoms with Gasteiger partial charge in [0, 0.05) is 11.1 Å². The Hall–Kier alpha value is -0.980. The largest absolute Gasteiger partial charge is 0.496 e. The van der Waals surface area contributed by atoms with E-state index in [9.17, 15) is 0 Å². The third-order valence-electron chi connectivity index (χ3n) is 11.4. The van der Waals surface area contributed by atoms with E-state index in [0.717, 1.165) is 35.5 Å². The highest BCUT2D eigenvalue weighted by atomic mass is 16.5. The molecule has 0 aliphatic heterocycles. The van der Waals surface area contributed by atoms with Gasteiger partial charge in [-0.25, -0.2) is 0 Å². The first-order valence-electron chi connectivity index (χ1n) is 14.0. The summed E-state index contributed by atoms with van der Waals surface area (Å²) in [6, 6.07) is 5.30. The van der Waals surface area contributed by atoms with Crippen LogP contribution in [-0.2, 0) is 16.2 Å².